The summed E-state index contributed by atoms with van der Waals surface area (Å²) in [6.07, 6.45) is 0. The van der Waals surface area contributed by atoms with Crippen molar-refractivity contribution in [2.24, 2.45) is 0 Å². The molecule has 0 atom stereocenters. The molecule has 0 aliphatic rings. The van der Waals surface area contributed by atoms with Gasteiger partial charge in [0.25, 0.3) is 0 Å². The predicted octanol–water partition coefficient (Wildman–Crippen LogP) is 11.7. The summed E-state index contributed by atoms with van der Waals surface area (Å²) in [7, 11) is 0. The van der Waals surface area contributed by atoms with E-state index in [1.807, 2.05) is 0 Å². The van der Waals surface area contributed by atoms with Crippen molar-refractivity contribution in [2.75, 3.05) is 4.90 Å². The zero-order chi connectivity index (χ0) is 27.7. The molecule has 0 spiro atoms. The molecule has 8 rings (SSSR count). The van der Waals surface area contributed by atoms with E-state index in [2.05, 4.69) is 159 Å². The fourth-order valence-corrected chi connectivity index (χ4v) is 6.69. The summed E-state index contributed by atoms with van der Waals surface area (Å²) in [5, 5.41) is 12.9. The van der Waals surface area contributed by atoms with Crippen LogP contribution in [0.4, 0.5) is 17.1 Å². The van der Waals surface area contributed by atoms with Gasteiger partial charge in [-0.15, -0.1) is 0 Å². The molecule has 1 nitrogen and oxygen atoms in total. The van der Waals surface area contributed by atoms with Gasteiger partial charge in [-0.25, -0.2) is 0 Å². The number of benzene rings is 8. The number of hydrogen-bond donors (Lipinski definition) is 0. The first-order valence-corrected chi connectivity index (χ1v) is 14.4. The van der Waals surface area contributed by atoms with E-state index in [4.69, 9.17) is 0 Å². The second-order valence-electron chi connectivity index (χ2n) is 12.3. The average molecular weight is 526 g/mol. The third kappa shape index (κ3) is 3.77. The van der Waals surface area contributed by atoms with Gasteiger partial charge in [-0.1, -0.05) is 124 Å². The molecule has 0 aliphatic heterocycles. The monoisotopic (exact) mass is 525 g/mol. The fraction of sp³-hybridized carbons (Fsp3) is 0.100. The van der Waals surface area contributed by atoms with Crippen molar-refractivity contribution in [3.63, 3.8) is 0 Å². The molecule has 0 bridgehead atoms. The Labute approximate surface area is 240 Å². The number of hydrogen-bond acceptors (Lipinski definition) is 1. The normalized spacial score (nSPS) is 12.3. The molecule has 0 radical (unpaired) electrons. The van der Waals surface area contributed by atoms with Crippen LogP contribution in [0.25, 0.3) is 53.9 Å². The SMILES string of the molecule is CC(C)(C)c1ccc2ccc3c(N(c4ccc5ccccc5c4)c4ccc5ccccc5c4)ccc4ccc1c2c43. The molecule has 8 aromatic carbocycles. The van der Waals surface area contributed by atoms with Gasteiger partial charge in [-0.2, -0.15) is 0 Å². The minimum Gasteiger partial charge on any atom is -0.310 e. The van der Waals surface area contributed by atoms with E-state index in [-0.39, 0.29) is 5.41 Å². The van der Waals surface area contributed by atoms with Crippen molar-refractivity contribution in [2.45, 2.75) is 26.2 Å². The van der Waals surface area contributed by atoms with Crippen LogP contribution in [0.2, 0.25) is 0 Å². The maximum absolute atomic E-state index is 2.44. The van der Waals surface area contributed by atoms with Gasteiger partial charge in [-0.3, -0.25) is 0 Å². The Morgan fingerprint density at radius 2 is 0.878 bits per heavy atom. The van der Waals surface area contributed by atoms with Gasteiger partial charge in [0.05, 0.1) is 5.69 Å². The molecule has 0 amide bonds. The standard InChI is InChI=1S/C40H31N/c1-40(2,3)36-22-16-28-15-21-35-37(23-17-29-14-20-34(36)38(28)39(29)35)41(32-18-12-26-8-4-6-10-30(26)24-32)33-19-13-27-9-5-7-11-31(27)25-33/h4-25H,1-3H3. The van der Waals surface area contributed by atoms with Crippen LogP contribution in [-0.2, 0) is 5.41 Å². The van der Waals surface area contributed by atoms with E-state index in [1.54, 1.807) is 0 Å². The van der Waals surface area contributed by atoms with Gasteiger partial charge >= 0.3 is 0 Å². The van der Waals surface area contributed by atoms with E-state index in [0.717, 1.165) is 11.4 Å². The van der Waals surface area contributed by atoms with E-state index in [0.29, 0.717) is 0 Å². The van der Waals surface area contributed by atoms with Crippen LogP contribution in [0.5, 0.6) is 0 Å². The van der Waals surface area contributed by atoms with Crippen LogP contribution in [0.3, 0.4) is 0 Å². The third-order valence-corrected chi connectivity index (χ3v) is 8.67. The van der Waals surface area contributed by atoms with Crippen molar-refractivity contribution in [3.05, 3.63) is 139 Å². The molecule has 0 saturated carbocycles. The maximum atomic E-state index is 2.44. The number of rotatable bonds is 3. The van der Waals surface area contributed by atoms with Gasteiger partial charge in [-0.05, 0) is 89.8 Å². The highest BCUT2D eigenvalue weighted by molar-refractivity contribution is 6.26. The van der Waals surface area contributed by atoms with Crippen molar-refractivity contribution < 1.29 is 0 Å². The Bertz CT molecular complexity index is 2170. The first-order chi connectivity index (χ1) is 20.0. The smallest absolute Gasteiger partial charge is 0.0540 e. The minimum absolute atomic E-state index is 0.0629. The quantitative estimate of drug-likeness (QED) is 0.207. The molecule has 1 heteroatoms. The molecule has 0 aromatic heterocycles. The summed E-state index contributed by atoms with van der Waals surface area (Å²) in [4.78, 5) is 2.44. The number of nitrogens with zero attached hydrogens (tertiary/aromatic N) is 1. The molecule has 196 valence electrons. The topological polar surface area (TPSA) is 3.24 Å². The summed E-state index contributed by atoms with van der Waals surface area (Å²) in [6.45, 7) is 6.93. The highest BCUT2D eigenvalue weighted by Crippen LogP contribution is 2.46. The van der Waals surface area contributed by atoms with E-state index in [1.165, 1.54) is 65.1 Å². The lowest BCUT2D eigenvalue weighted by atomic mass is 9.81. The second-order valence-corrected chi connectivity index (χ2v) is 12.3. The van der Waals surface area contributed by atoms with Crippen LogP contribution >= 0.6 is 0 Å². The Hall–Kier alpha value is -4.88. The zero-order valence-electron chi connectivity index (χ0n) is 23.6. The molecule has 0 unspecified atom stereocenters. The van der Waals surface area contributed by atoms with Gasteiger partial charge in [0.15, 0.2) is 0 Å². The summed E-state index contributed by atoms with van der Waals surface area (Å²) in [5.41, 5.74) is 4.96. The van der Waals surface area contributed by atoms with Gasteiger partial charge < -0.3 is 4.90 Å². The van der Waals surface area contributed by atoms with Gasteiger partial charge in [0.1, 0.15) is 0 Å². The van der Waals surface area contributed by atoms with Crippen molar-refractivity contribution >= 4 is 70.9 Å². The largest absolute Gasteiger partial charge is 0.310 e. The Morgan fingerprint density at radius 3 is 1.46 bits per heavy atom. The molecule has 41 heavy (non-hydrogen) atoms. The lowest BCUT2D eigenvalue weighted by Crippen LogP contribution is -2.12. The highest BCUT2D eigenvalue weighted by atomic mass is 15.1. The summed E-state index contributed by atoms with van der Waals surface area (Å²) >= 11 is 0. The second kappa shape index (κ2) is 8.81. The minimum atomic E-state index is 0.0629. The zero-order valence-corrected chi connectivity index (χ0v) is 23.6. The van der Waals surface area contributed by atoms with Crippen LogP contribution < -0.4 is 4.90 Å². The molecular weight excluding hydrogens is 494 g/mol. The van der Waals surface area contributed by atoms with E-state index < -0.39 is 0 Å². The molecule has 0 fully saturated rings. The van der Waals surface area contributed by atoms with Crippen LogP contribution in [-0.4, -0.2) is 0 Å². The van der Waals surface area contributed by atoms with E-state index >= 15 is 0 Å². The van der Waals surface area contributed by atoms with Crippen LogP contribution in [0, 0.1) is 0 Å². The van der Waals surface area contributed by atoms with E-state index in [9.17, 15) is 0 Å². The van der Waals surface area contributed by atoms with Gasteiger partial charge in [0, 0.05) is 16.8 Å². The van der Waals surface area contributed by atoms with Gasteiger partial charge in [0.2, 0.25) is 0 Å². The number of anilines is 3. The summed E-state index contributed by atoms with van der Waals surface area (Å²) in [6, 6.07) is 49.4. The molecule has 0 heterocycles. The summed E-state index contributed by atoms with van der Waals surface area (Å²) < 4.78 is 0. The first-order valence-electron chi connectivity index (χ1n) is 14.4. The third-order valence-electron chi connectivity index (χ3n) is 8.67. The highest BCUT2D eigenvalue weighted by Gasteiger charge is 2.22. The van der Waals surface area contributed by atoms with Crippen molar-refractivity contribution in [1.82, 2.24) is 0 Å². The predicted molar refractivity (Wildman–Crippen MR) is 179 cm³/mol. The molecule has 0 aliphatic carbocycles. The average Bonchev–Trinajstić information content (AvgIpc) is 2.99. The number of fused-ring (bicyclic) bond motifs is 2. The molecular formula is C40H31N. The fourth-order valence-electron chi connectivity index (χ4n) is 6.69. The molecule has 0 N–H and O–H groups in total. The lowest BCUT2D eigenvalue weighted by Gasteiger charge is -2.29. The van der Waals surface area contributed by atoms with Crippen molar-refractivity contribution in [3.8, 4) is 0 Å². The Kier molecular flexibility index (Phi) is 5.15. The first kappa shape index (κ1) is 24.0. The van der Waals surface area contributed by atoms with Crippen molar-refractivity contribution in [1.29, 1.82) is 0 Å². The van der Waals surface area contributed by atoms with Crippen LogP contribution in [0.1, 0.15) is 26.3 Å². The lowest BCUT2D eigenvalue weighted by molar-refractivity contribution is 0.596. The molecule has 0 saturated heterocycles. The Morgan fingerprint density at radius 1 is 0.415 bits per heavy atom. The molecule has 8 aromatic rings. The van der Waals surface area contributed by atoms with Crippen LogP contribution in [0.15, 0.2) is 133 Å². The summed E-state index contributed by atoms with van der Waals surface area (Å²) in [5.74, 6) is 0. The maximum Gasteiger partial charge on any atom is 0.0540 e. The Balaban J connectivity index is 1.46.